The molecule has 6 heterocycles. The van der Waals surface area contributed by atoms with Gasteiger partial charge in [0.1, 0.15) is 17.5 Å². The first-order valence-electron chi connectivity index (χ1n) is 21.0. The summed E-state index contributed by atoms with van der Waals surface area (Å²) in [4.78, 5) is 41.4. The number of amides is 2. The number of piperidine rings is 1. The molecule has 0 bridgehead atoms. The van der Waals surface area contributed by atoms with Gasteiger partial charge in [0.2, 0.25) is 11.8 Å². The van der Waals surface area contributed by atoms with E-state index >= 15 is 13.2 Å². The molecular weight excluding hydrogens is 946 g/mol. The highest BCUT2D eigenvalue weighted by atomic mass is 79.9. The molecule has 5 aliphatic heterocycles. The van der Waals surface area contributed by atoms with Gasteiger partial charge in [-0.1, -0.05) is 44.0 Å². The van der Waals surface area contributed by atoms with Crippen molar-refractivity contribution in [2.24, 2.45) is 11.8 Å². The predicted octanol–water partition coefficient (Wildman–Crippen LogP) is 9.58. The number of aromatic nitrogens is 1. The van der Waals surface area contributed by atoms with Gasteiger partial charge in [-0.2, -0.15) is 26.3 Å². The lowest BCUT2D eigenvalue weighted by atomic mass is 9.68. The van der Waals surface area contributed by atoms with Gasteiger partial charge in [-0.25, -0.2) is 4.98 Å². The van der Waals surface area contributed by atoms with Gasteiger partial charge in [0.05, 0.1) is 42.4 Å². The first kappa shape index (κ1) is 43.1. The van der Waals surface area contributed by atoms with E-state index in [1.807, 2.05) is 65.7 Å². The van der Waals surface area contributed by atoms with E-state index < -0.39 is 48.5 Å². The van der Waals surface area contributed by atoms with Gasteiger partial charge in [0.25, 0.3) is 0 Å². The molecule has 2 atom stereocenters. The van der Waals surface area contributed by atoms with Gasteiger partial charge in [-0.05, 0) is 125 Å². The number of nitrogens with one attached hydrogen (secondary N) is 2. The molecule has 330 valence electrons. The van der Waals surface area contributed by atoms with E-state index in [-0.39, 0.29) is 83.2 Å². The molecule has 2 N–H and O–H groups in total. The molecule has 0 radical (unpaired) electrons. The molecule has 2 amide bonds. The Labute approximate surface area is 372 Å². The van der Waals surface area contributed by atoms with Crippen molar-refractivity contribution in [3.8, 4) is 0 Å². The topological polar surface area (TPSA) is 87.3 Å². The van der Waals surface area contributed by atoms with Crippen molar-refractivity contribution in [1.82, 2.24) is 19.7 Å². The zero-order valence-electron chi connectivity index (χ0n) is 33.7. The second kappa shape index (κ2) is 16.8. The van der Waals surface area contributed by atoms with Crippen molar-refractivity contribution in [1.29, 1.82) is 0 Å². The van der Waals surface area contributed by atoms with Crippen LogP contribution in [0.2, 0.25) is 0 Å². The number of fused-ring (bicyclic) bond motifs is 4. The second-order valence-corrected chi connectivity index (χ2v) is 19.1. The lowest BCUT2D eigenvalue weighted by molar-refractivity contribution is -0.273. The minimum atomic E-state index is -4.52. The third-order valence-electron chi connectivity index (χ3n) is 13.5. The summed E-state index contributed by atoms with van der Waals surface area (Å²) in [7, 11) is 0. The van der Waals surface area contributed by atoms with Gasteiger partial charge in [0, 0.05) is 44.8 Å². The van der Waals surface area contributed by atoms with Crippen molar-refractivity contribution >= 4 is 72.2 Å². The molecule has 1 saturated carbocycles. The SMILES string of the molecule is O=C(C1CCN(C2(C(F)(F)F)CC(N3C=CC=C4CN(C(=O)C5CCCN(CC(F)(F)F)CC5)c5cc(Br)ccc5NC43)C2)CC1)N1Cc2cccnc2Nc2ccc(Br)cc21. The number of nitrogens with zero attached hydrogens (tertiary/aromatic N) is 6. The molecule has 2 unspecified atom stereocenters. The second-order valence-electron chi connectivity index (χ2n) is 17.3. The fourth-order valence-electron chi connectivity index (χ4n) is 10.2. The molecule has 2 aromatic carbocycles. The normalized spacial score (nSPS) is 26.0. The predicted molar refractivity (Wildman–Crippen MR) is 232 cm³/mol. The maximum atomic E-state index is 15.4. The van der Waals surface area contributed by atoms with Gasteiger partial charge < -0.3 is 25.3 Å². The number of pyridine rings is 1. The summed E-state index contributed by atoms with van der Waals surface area (Å²) in [5.41, 5.74) is 2.19. The number of rotatable bonds is 5. The Morgan fingerprint density at radius 1 is 0.806 bits per heavy atom. The van der Waals surface area contributed by atoms with Gasteiger partial charge in [0.15, 0.2) is 0 Å². The standard InChI is InChI=1S/C44H46Br2F6N8O2/c45-31-7-9-34-36(20-31)59(24-29-4-1-14-53-38(29)54-34)41(62)28-12-18-57(19-13-28)42(44(50,51)52)22-33(23-42)58-16-3-6-30-25-60(37-21-32(46)8-10-35(37)55-39(30)58)40(61)27-5-2-15-56(17-11-27)26-43(47,48)49/h1,3-4,6-10,14,16,20-21,27-28,33,39,55H,2,5,11-13,15,17-19,22-26H2,(H,53,54). The maximum Gasteiger partial charge on any atom is 0.406 e. The van der Waals surface area contributed by atoms with Gasteiger partial charge in [-0.15, -0.1) is 0 Å². The number of hydrogen-bond donors (Lipinski definition) is 2. The van der Waals surface area contributed by atoms with Crippen LogP contribution in [-0.4, -0.2) is 101 Å². The fourth-order valence-corrected chi connectivity index (χ4v) is 10.9. The quantitative estimate of drug-likeness (QED) is 0.245. The maximum absolute atomic E-state index is 15.4. The Bertz CT molecular complexity index is 2280. The zero-order chi connectivity index (χ0) is 43.6. The molecule has 3 fully saturated rings. The van der Waals surface area contributed by atoms with Crippen LogP contribution in [0.25, 0.3) is 0 Å². The van der Waals surface area contributed by atoms with Crippen molar-refractivity contribution in [2.75, 3.05) is 59.7 Å². The first-order valence-corrected chi connectivity index (χ1v) is 22.6. The van der Waals surface area contributed by atoms with Crippen LogP contribution in [0.1, 0.15) is 50.5 Å². The van der Waals surface area contributed by atoms with Crippen molar-refractivity contribution in [3.05, 3.63) is 93.2 Å². The molecule has 1 aromatic heterocycles. The van der Waals surface area contributed by atoms with Crippen LogP contribution in [0.15, 0.2) is 87.6 Å². The number of likely N-dealkylation sites (tertiary alicyclic amines) is 2. The number of benzene rings is 2. The van der Waals surface area contributed by atoms with Crippen LogP contribution in [-0.2, 0) is 16.1 Å². The molecule has 62 heavy (non-hydrogen) atoms. The minimum absolute atomic E-state index is 0.120. The molecule has 18 heteroatoms. The summed E-state index contributed by atoms with van der Waals surface area (Å²) >= 11 is 7.06. The molecule has 10 nitrogen and oxygen atoms in total. The van der Waals surface area contributed by atoms with Crippen LogP contribution in [0.3, 0.4) is 0 Å². The molecule has 3 aromatic rings. The number of hydrogen-bond acceptors (Lipinski definition) is 8. The zero-order valence-corrected chi connectivity index (χ0v) is 36.8. The highest BCUT2D eigenvalue weighted by molar-refractivity contribution is 9.10. The van der Waals surface area contributed by atoms with Crippen molar-refractivity contribution in [3.63, 3.8) is 0 Å². The van der Waals surface area contributed by atoms with Crippen LogP contribution in [0.5, 0.6) is 0 Å². The highest BCUT2D eigenvalue weighted by Gasteiger charge is 2.66. The van der Waals surface area contributed by atoms with Crippen LogP contribution in [0, 0.1) is 11.8 Å². The van der Waals surface area contributed by atoms with E-state index in [1.54, 1.807) is 27.0 Å². The van der Waals surface area contributed by atoms with Crippen LogP contribution in [0.4, 0.5) is 54.9 Å². The third-order valence-corrected chi connectivity index (χ3v) is 14.5. The average molecular weight is 993 g/mol. The Morgan fingerprint density at radius 2 is 1.45 bits per heavy atom. The highest BCUT2D eigenvalue weighted by Crippen LogP contribution is 2.54. The number of anilines is 5. The largest absolute Gasteiger partial charge is 0.406 e. The number of halogens is 8. The Kier molecular flexibility index (Phi) is 11.7. The molecule has 6 aliphatic rings. The van der Waals surface area contributed by atoms with Crippen molar-refractivity contribution < 1.29 is 35.9 Å². The molecule has 0 spiro atoms. The molecule has 9 rings (SSSR count). The fraction of sp³-hybridized carbons (Fsp3) is 0.477. The summed E-state index contributed by atoms with van der Waals surface area (Å²) in [5.74, 6) is -0.615. The van der Waals surface area contributed by atoms with E-state index in [0.29, 0.717) is 35.7 Å². The van der Waals surface area contributed by atoms with Gasteiger partial charge >= 0.3 is 12.4 Å². The lowest BCUT2D eigenvalue weighted by Gasteiger charge is -2.59. The Morgan fingerprint density at radius 3 is 2.15 bits per heavy atom. The summed E-state index contributed by atoms with van der Waals surface area (Å²) < 4.78 is 87.3. The Balaban J connectivity index is 0.895. The number of alkyl halides is 6. The Hall–Kier alpha value is -4.13. The van der Waals surface area contributed by atoms with Crippen molar-refractivity contribution in [2.45, 2.75) is 81.6 Å². The van der Waals surface area contributed by atoms with E-state index in [2.05, 4.69) is 47.5 Å². The van der Waals surface area contributed by atoms with Crippen LogP contribution >= 0.6 is 31.9 Å². The molecule has 1 aliphatic carbocycles. The summed E-state index contributed by atoms with van der Waals surface area (Å²) in [6, 6.07) is 14.3. The smallest absolute Gasteiger partial charge is 0.360 e. The van der Waals surface area contributed by atoms with Crippen LogP contribution < -0.4 is 20.4 Å². The lowest BCUT2D eigenvalue weighted by Crippen LogP contribution is -2.72. The monoisotopic (exact) mass is 990 g/mol. The molecule has 2 saturated heterocycles. The van der Waals surface area contributed by atoms with E-state index in [9.17, 15) is 22.8 Å². The summed E-state index contributed by atoms with van der Waals surface area (Å²) in [6.45, 7) is 0.0845. The van der Waals surface area contributed by atoms with E-state index in [1.165, 1.54) is 4.90 Å². The van der Waals surface area contributed by atoms with E-state index in [4.69, 9.17) is 0 Å². The van der Waals surface area contributed by atoms with E-state index in [0.717, 1.165) is 25.8 Å². The minimum Gasteiger partial charge on any atom is -0.360 e. The third kappa shape index (κ3) is 8.36. The number of carbonyl (C=O) groups excluding carboxylic acids is 2. The first-order chi connectivity index (χ1) is 29.6. The summed E-state index contributed by atoms with van der Waals surface area (Å²) in [5, 5.41) is 6.89. The number of allylic oxidation sites excluding steroid dienone is 2. The van der Waals surface area contributed by atoms with Gasteiger partial charge in [-0.3, -0.25) is 19.4 Å². The average Bonchev–Trinajstić information content (AvgIpc) is 3.61. The number of carbonyl (C=O) groups is 2. The summed E-state index contributed by atoms with van der Waals surface area (Å²) in [6.07, 6.45) is -0.770. The molecular formula is C44H46Br2F6N8O2.